The van der Waals surface area contributed by atoms with Gasteiger partial charge in [-0.1, -0.05) is 12.8 Å². The first-order valence-electron chi connectivity index (χ1n) is 6.49. The molecule has 16 heavy (non-hydrogen) atoms. The molecule has 0 aromatic heterocycles. The van der Waals surface area contributed by atoms with Crippen molar-refractivity contribution in [1.29, 1.82) is 0 Å². The van der Waals surface area contributed by atoms with Gasteiger partial charge in [0.25, 0.3) is 0 Å². The number of hydrogen-bond donors (Lipinski definition) is 1. The third-order valence-electron chi connectivity index (χ3n) is 4.18. The highest BCUT2D eigenvalue weighted by molar-refractivity contribution is 5.79. The third kappa shape index (κ3) is 1.74. The molecule has 1 saturated carbocycles. The van der Waals surface area contributed by atoms with E-state index in [1.807, 2.05) is 0 Å². The van der Waals surface area contributed by atoms with Gasteiger partial charge >= 0.3 is 0 Å². The summed E-state index contributed by atoms with van der Waals surface area (Å²) in [5, 5.41) is 3.32. The molecule has 3 aliphatic rings. The van der Waals surface area contributed by atoms with Crippen LogP contribution >= 0.6 is 0 Å². The lowest BCUT2D eigenvalue weighted by molar-refractivity contribution is -0.146. The van der Waals surface area contributed by atoms with Gasteiger partial charge in [0, 0.05) is 25.6 Å². The smallest absolute Gasteiger partial charge is 0.226 e. The molecule has 1 aliphatic carbocycles. The van der Waals surface area contributed by atoms with Crippen molar-refractivity contribution in [1.82, 2.24) is 10.2 Å². The van der Waals surface area contributed by atoms with Gasteiger partial charge in [0.15, 0.2) is 0 Å². The van der Waals surface area contributed by atoms with E-state index in [9.17, 15) is 4.79 Å². The molecule has 4 heteroatoms. The minimum Gasteiger partial charge on any atom is -0.373 e. The first-order chi connectivity index (χ1) is 7.86. The first-order valence-corrected chi connectivity index (χ1v) is 6.49. The maximum atomic E-state index is 12.4. The molecule has 1 N–H and O–H groups in total. The fourth-order valence-corrected chi connectivity index (χ4v) is 3.27. The van der Waals surface area contributed by atoms with Crippen molar-refractivity contribution in [2.24, 2.45) is 5.92 Å². The van der Waals surface area contributed by atoms with E-state index in [1.54, 1.807) is 0 Å². The summed E-state index contributed by atoms with van der Waals surface area (Å²) < 4.78 is 5.69. The molecule has 0 bridgehead atoms. The number of rotatable bonds is 1. The Morgan fingerprint density at radius 3 is 2.88 bits per heavy atom. The molecule has 2 atom stereocenters. The summed E-state index contributed by atoms with van der Waals surface area (Å²) in [5.41, 5.74) is 0. The highest BCUT2D eigenvalue weighted by Crippen LogP contribution is 2.29. The van der Waals surface area contributed by atoms with Crippen LogP contribution < -0.4 is 5.32 Å². The van der Waals surface area contributed by atoms with E-state index < -0.39 is 0 Å². The molecule has 0 aromatic carbocycles. The van der Waals surface area contributed by atoms with Crippen LogP contribution in [0.15, 0.2) is 0 Å². The van der Waals surface area contributed by atoms with Gasteiger partial charge in [0.05, 0.1) is 18.8 Å². The van der Waals surface area contributed by atoms with Crippen molar-refractivity contribution in [2.45, 2.75) is 37.8 Å². The molecule has 2 aliphatic heterocycles. The van der Waals surface area contributed by atoms with Gasteiger partial charge in [-0.15, -0.1) is 0 Å². The predicted molar refractivity (Wildman–Crippen MR) is 60.1 cm³/mol. The van der Waals surface area contributed by atoms with E-state index in [-0.39, 0.29) is 6.10 Å². The Kier molecular flexibility index (Phi) is 2.86. The lowest BCUT2D eigenvalue weighted by Gasteiger charge is -2.38. The Balaban J connectivity index is 1.70. The molecule has 4 nitrogen and oxygen atoms in total. The van der Waals surface area contributed by atoms with Gasteiger partial charge in [-0.25, -0.2) is 0 Å². The number of nitrogens with one attached hydrogen (secondary N) is 1. The molecular weight excluding hydrogens is 204 g/mol. The monoisotopic (exact) mass is 224 g/mol. The van der Waals surface area contributed by atoms with Crippen molar-refractivity contribution in [3.63, 3.8) is 0 Å². The maximum Gasteiger partial charge on any atom is 0.226 e. The minimum absolute atomic E-state index is 0.235. The zero-order chi connectivity index (χ0) is 11.0. The van der Waals surface area contributed by atoms with E-state index in [0.717, 1.165) is 32.5 Å². The molecule has 0 radical (unpaired) electrons. The van der Waals surface area contributed by atoms with Gasteiger partial charge in [0.2, 0.25) is 5.91 Å². The fourth-order valence-electron chi connectivity index (χ4n) is 3.27. The normalized spacial score (nSPS) is 35.4. The van der Waals surface area contributed by atoms with Crippen molar-refractivity contribution in [3.05, 3.63) is 0 Å². The molecule has 2 heterocycles. The fraction of sp³-hybridized carbons (Fsp3) is 0.917. The number of carbonyl (C=O) groups is 1. The van der Waals surface area contributed by atoms with E-state index in [0.29, 0.717) is 24.5 Å². The molecule has 0 unspecified atom stereocenters. The zero-order valence-corrected chi connectivity index (χ0v) is 9.65. The number of morpholine rings is 1. The second kappa shape index (κ2) is 4.34. The van der Waals surface area contributed by atoms with Gasteiger partial charge < -0.3 is 15.0 Å². The van der Waals surface area contributed by atoms with Crippen LogP contribution in [0, 0.1) is 5.92 Å². The molecular formula is C12H20N2O2. The molecule has 90 valence electrons. The molecule has 1 amide bonds. The second-order valence-electron chi connectivity index (χ2n) is 5.15. The van der Waals surface area contributed by atoms with Crippen LogP contribution in [0.1, 0.15) is 25.7 Å². The van der Waals surface area contributed by atoms with Gasteiger partial charge in [-0.05, 0) is 12.8 Å². The van der Waals surface area contributed by atoms with Crippen LogP contribution in [-0.2, 0) is 9.53 Å². The summed E-state index contributed by atoms with van der Waals surface area (Å²) in [5.74, 6) is 0.693. The quantitative estimate of drug-likeness (QED) is 0.700. The summed E-state index contributed by atoms with van der Waals surface area (Å²) in [4.78, 5) is 14.5. The Morgan fingerprint density at radius 1 is 1.25 bits per heavy atom. The van der Waals surface area contributed by atoms with E-state index >= 15 is 0 Å². The second-order valence-corrected chi connectivity index (χ2v) is 5.15. The summed E-state index contributed by atoms with van der Waals surface area (Å²) in [6, 6.07) is 0.293. The standard InChI is InChI=1S/C12H20N2O2/c15-12(9-3-1-2-4-9)14-5-6-16-11-8-13-7-10(11)14/h9-11,13H,1-8H2/t10-,11+/m0/s1. The average molecular weight is 224 g/mol. The summed E-state index contributed by atoms with van der Waals surface area (Å²) in [7, 11) is 0. The van der Waals surface area contributed by atoms with Crippen LogP contribution in [0.3, 0.4) is 0 Å². The zero-order valence-electron chi connectivity index (χ0n) is 9.65. The predicted octanol–water partition coefficient (Wildman–Crippen LogP) is 0.376. The topological polar surface area (TPSA) is 41.6 Å². The Labute approximate surface area is 96.3 Å². The van der Waals surface area contributed by atoms with Crippen molar-refractivity contribution >= 4 is 5.91 Å². The summed E-state index contributed by atoms with van der Waals surface area (Å²) in [6.07, 6.45) is 4.89. The summed E-state index contributed by atoms with van der Waals surface area (Å²) in [6.45, 7) is 3.31. The number of fused-ring (bicyclic) bond motifs is 1. The SMILES string of the molecule is O=C(C1CCCC1)N1CCO[C@@H]2CNC[C@@H]21. The Morgan fingerprint density at radius 2 is 2.06 bits per heavy atom. The van der Waals surface area contributed by atoms with Crippen molar-refractivity contribution in [3.8, 4) is 0 Å². The van der Waals surface area contributed by atoms with Crippen molar-refractivity contribution in [2.75, 3.05) is 26.2 Å². The maximum absolute atomic E-state index is 12.4. The molecule has 0 spiro atoms. The van der Waals surface area contributed by atoms with Gasteiger partial charge in [0.1, 0.15) is 0 Å². The molecule has 3 fully saturated rings. The van der Waals surface area contributed by atoms with Crippen molar-refractivity contribution < 1.29 is 9.53 Å². The Hall–Kier alpha value is -0.610. The first kappa shape index (κ1) is 10.5. The summed E-state index contributed by atoms with van der Waals surface area (Å²) >= 11 is 0. The Bertz CT molecular complexity index is 276. The van der Waals surface area contributed by atoms with Crippen LogP contribution in [0.5, 0.6) is 0 Å². The molecule has 3 rings (SSSR count). The van der Waals surface area contributed by atoms with E-state index in [2.05, 4.69) is 10.2 Å². The van der Waals surface area contributed by atoms with Crippen LogP contribution in [0.4, 0.5) is 0 Å². The number of carbonyl (C=O) groups excluding carboxylic acids is 1. The minimum atomic E-state index is 0.235. The van der Waals surface area contributed by atoms with Crippen LogP contribution in [-0.4, -0.2) is 49.2 Å². The highest BCUT2D eigenvalue weighted by Gasteiger charge is 2.40. The molecule has 0 aromatic rings. The van der Waals surface area contributed by atoms with Crippen LogP contribution in [0.2, 0.25) is 0 Å². The number of ether oxygens (including phenoxy) is 1. The number of hydrogen-bond acceptors (Lipinski definition) is 3. The van der Waals surface area contributed by atoms with Crippen LogP contribution in [0.25, 0.3) is 0 Å². The lowest BCUT2D eigenvalue weighted by atomic mass is 10.0. The van der Waals surface area contributed by atoms with E-state index in [4.69, 9.17) is 4.74 Å². The third-order valence-corrected chi connectivity index (χ3v) is 4.18. The average Bonchev–Trinajstić information content (AvgIpc) is 2.98. The highest BCUT2D eigenvalue weighted by atomic mass is 16.5. The van der Waals surface area contributed by atoms with Gasteiger partial charge in [-0.2, -0.15) is 0 Å². The molecule has 2 saturated heterocycles. The number of nitrogens with zero attached hydrogens (tertiary/aromatic N) is 1. The largest absolute Gasteiger partial charge is 0.373 e. The van der Waals surface area contributed by atoms with Gasteiger partial charge in [-0.3, -0.25) is 4.79 Å². The lowest BCUT2D eigenvalue weighted by Crippen LogP contribution is -2.54. The number of amides is 1. The van der Waals surface area contributed by atoms with E-state index in [1.165, 1.54) is 12.8 Å².